The van der Waals surface area contributed by atoms with E-state index in [1.54, 1.807) is 36.1 Å². The summed E-state index contributed by atoms with van der Waals surface area (Å²) in [6.45, 7) is 2.42. The van der Waals surface area contributed by atoms with Gasteiger partial charge in [0.25, 0.3) is 5.91 Å². The second kappa shape index (κ2) is 8.43. The molecule has 2 aromatic heterocycles. The van der Waals surface area contributed by atoms with Crippen molar-refractivity contribution in [1.29, 1.82) is 0 Å². The third-order valence-electron chi connectivity index (χ3n) is 5.47. The Balaban J connectivity index is 1.35. The zero-order valence-corrected chi connectivity index (χ0v) is 18.1. The molecule has 0 aliphatic carbocycles. The SMILES string of the molecule is COc1cccc(C(=O)N2CCN(c3ncnc4c3nnn4-c3ccc(Cl)cc3)CC2)c1. The number of amides is 1. The van der Waals surface area contributed by atoms with Gasteiger partial charge in [-0.1, -0.05) is 22.9 Å². The van der Waals surface area contributed by atoms with Crippen LogP contribution in [0.4, 0.5) is 5.82 Å². The number of halogens is 1. The van der Waals surface area contributed by atoms with Crippen LogP contribution in [0.1, 0.15) is 10.4 Å². The maximum absolute atomic E-state index is 12.9. The summed E-state index contributed by atoms with van der Waals surface area (Å²) >= 11 is 5.99. The van der Waals surface area contributed by atoms with Crippen molar-refractivity contribution in [1.82, 2.24) is 29.9 Å². The number of carbonyl (C=O) groups is 1. The number of aromatic nitrogens is 5. The molecule has 1 aliphatic rings. The first-order valence-electron chi connectivity index (χ1n) is 10.1. The van der Waals surface area contributed by atoms with E-state index in [-0.39, 0.29) is 5.91 Å². The molecule has 1 fully saturated rings. The Morgan fingerprint density at radius 1 is 1.03 bits per heavy atom. The standard InChI is InChI=1S/C22H20ClN7O2/c1-32-18-4-2-3-15(13-18)22(31)29-11-9-28(10-12-29)20-19-21(25-14-24-20)30(27-26-19)17-7-5-16(23)6-8-17/h2-8,13-14H,9-12H2,1H3. The number of nitrogens with zero attached hydrogens (tertiary/aromatic N) is 7. The predicted octanol–water partition coefficient (Wildman–Crippen LogP) is 2.83. The molecule has 10 heteroatoms. The van der Waals surface area contributed by atoms with Crippen molar-refractivity contribution in [2.24, 2.45) is 0 Å². The van der Waals surface area contributed by atoms with E-state index in [2.05, 4.69) is 25.2 Å². The summed E-state index contributed by atoms with van der Waals surface area (Å²) in [5.74, 6) is 1.37. The van der Waals surface area contributed by atoms with Crippen molar-refractivity contribution in [3.05, 3.63) is 65.4 Å². The summed E-state index contributed by atoms with van der Waals surface area (Å²) in [6, 6.07) is 14.5. The van der Waals surface area contributed by atoms with Crippen molar-refractivity contribution >= 4 is 34.5 Å². The van der Waals surface area contributed by atoms with Crippen LogP contribution < -0.4 is 9.64 Å². The fraction of sp³-hybridized carbons (Fsp3) is 0.227. The highest BCUT2D eigenvalue weighted by Gasteiger charge is 2.25. The summed E-state index contributed by atoms with van der Waals surface area (Å²) in [5.41, 5.74) is 2.67. The minimum atomic E-state index is -0.00920. The third-order valence-corrected chi connectivity index (χ3v) is 5.72. The van der Waals surface area contributed by atoms with Crippen molar-refractivity contribution in [2.45, 2.75) is 0 Å². The molecule has 3 heterocycles. The average Bonchev–Trinajstić information content (AvgIpc) is 3.28. The lowest BCUT2D eigenvalue weighted by Crippen LogP contribution is -2.49. The van der Waals surface area contributed by atoms with Gasteiger partial charge in [-0.2, -0.15) is 4.68 Å². The quantitative estimate of drug-likeness (QED) is 0.473. The summed E-state index contributed by atoms with van der Waals surface area (Å²) in [5, 5.41) is 9.25. The van der Waals surface area contributed by atoms with Gasteiger partial charge in [0.05, 0.1) is 12.8 Å². The Hall–Kier alpha value is -3.72. The topological polar surface area (TPSA) is 89.3 Å². The number of ether oxygens (including phenoxy) is 1. The largest absolute Gasteiger partial charge is 0.497 e. The summed E-state index contributed by atoms with van der Waals surface area (Å²) in [7, 11) is 1.59. The van der Waals surface area contributed by atoms with Gasteiger partial charge >= 0.3 is 0 Å². The molecule has 32 heavy (non-hydrogen) atoms. The van der Waals surface area contributed by atoms with Gasteiger partial charge in [-0.15, -0.1) is 5.10 Å². The molecular formula is C22H20ClN7O2. The Labute approximate surface area is 189 Å². The van der Waals surface area contributed by atoms with Gasteiger partial charge < -0.3 is 14.5 Å². The molecule has 0 bridgehead atoms. The first-order chi connectivity index (χ1) is 15.6. The second-order valence-electron chi connectivity index (χ2n) is 7.36. The molecule has 0 N–H and O–H groups in total. The van der Waals surface area contributed by atoms with E-state index in [0.29, 0.717) is 59.5 Å². The molecule has 0 radical (unpaired) electrons. The van der Waals surface area contributed by atoms with E-state index < -0.39 is 0 Å². The van der Waals surface area contributed by atoms with E-state index in [4.69, 9.17) is 16.3 Å². The number of anilines is 1. The molecule has 1 amide bonds. The van der Waals surface area contributed by atoms with Gasteiger partial charge in [0.1, 0.15) is 12.1 Å². The smallest absolute Gasteiger partial charge is 0.254 e. The number of hydrogen-bond acceptors (Lipinski definition) is 7. The minimum absolute atomic E-state index is 0.00920. The van der Waals surface area contributed by atoms with Crippen LogP contribution in [0.3, 0.4) is 0 Å². The van der Waals surface area contributed by atoms with Crippen LogP contribution in [0, 0.1) is 0 Å². The van der Waals surface area contributed by atoms with Crippen molar-refractivity contribution < 1.29 is 9.53 Å². The van der Waals surface area contributed by atoms with E-state index in [9.17, 15) is 4.79 Å². The fourth-order valence-electron chi connectivity index (χ4n) is 3.78. The molecule has 1 aliphatic heterocycles. The predicted molar refractivity (Wildman–Crippen MR) is 121 cm³/mol. The van der Waals surface area contributed by atoms with E-state index in [0.717, 1.165) is 5.69 Å². The van der Waals surface area contributed by atoms with Gasteiger partial charge in [0.15, 0.2) is 17.0 Å². The molecule has 0 atom stereocenters. The lowest BCUT2D eigenvalue weighted by molar-refractivity contribution is 0.0746. The molecule has 4 aromatic rings. The molecule has 2 aromatic carbocycles. The first-order valence-corrected chi connectivity index (χ1v) is 10.5. The second-order valence-corrected chi connectivity index (χ2v) is 7.79. The molecule has 5 rings (SSSR count). The number of hydrogen-bond donors (Lipinski definition) is 0. The van der Waals surface area contributed by atoms with Crippen LogP contribution in [0.2, 0.25) is 5.02 Å². The number of methoxy groups -OCH3 is 1. The molecule has 9 nitrogen and oxygen atoms in total. The highest BCUT2D eigenvalue weighted by molar-refractivity contribution is 6.30. The van der Waals surface area contributed by atoms with Crippen molar-refractivity contribution in [3.63, 3.8) is 0 Å². The summed E-state index contributed by atoms with van der Waals surface area (Å²) in [6.07, 6.45) is 1.52. The van der Waals surface area contributed by atoms with Gasteiger partial charge in [0.2, 0.25) is 0 Å². The average molecular weight is 450 g/mol. The van der Waals surface area contributed by atoms with E-state index >= 15 is 0 Å². The lowest BCUT2D eigenvalue weighted by Gasteiger charge is -2.35. The van der Waals surface area contributed by atoms with Gasteiger partial charge in [-0.3, -0.25) is 4.79 Å². The lowest BCUT2D eigenvalue weighted by atomic mass is 10.1. The molecule has 0 spiro atoms. The zero-order chi connectivity index (χ0) is 22.1. The molecule has 0 unspecified atom stereocenters. The monoisotopic (exact) mass is 449 g/mol. The number of carbonyl (C=O) groups excluding carboxylic acids is 1. The Bertz CT molecular complexity index is 1270. The number of fused-ring (bicyclic) bond motifs is 1. The van der Waals surface area contributed by atoms with E-state index in [1.807, 2.05) is 29.2 Å². The minimum Gasteiger partial charge on any atom is -0.497 e. The summed E-state index contributed by atoms with van der Waals surface area (Å²) in [4.78, 5) is 25.7. The Morgan fingerprint density at radius 3 is 2.56 bits per heavy atom. The third kappa shape index (κ3) is 3.71. The van der Waals surface area contributed by atoms with Crippen LogP contribution >= 0.6 is 11.6 Å². The number of benzene rings is 2. The molecule has 0 saturated carbocycles. The van der Waals surface area contributed by atoms with Gasteiger partial charge in [-0.05, 0) is 42.5 Å². The molecular weight excluding hydrogens is 430 g/mol. The fourth-order valence-corrected chi connectivity index (χ4v) is 3.91. The van der Waals surface area contributed by atoms with Gasteiger partial charge in [0, 0.05) is 36.8 Å². The van der Waals surface area contributed by atoms with Crippen LogP contribution in [-0.4, -0.2) is 69.1 Å². The zero-order valence-electron chi connectivity index (χ0n) is 17.3. The van der Waals surface area contributed by atoms with Crippen LogP contribution in [0.5, 0.6) is 5.75 Å². The Kier molecular flexibility index (Phi) is 5.32. The summed E-state index contributed by atoms with van der Waals surface area (Å²) < 4.78 is 6.90. The number of piperazine rings is 1. The highest BCUT2D eigenvalue weighted by Crippen LogP contribution is 2.24. The van der Waals surface area contributed by atoms with E-state index in [1.165, 1.54) is 6.33 Å². The van der Waals surface area contributed by atoms with Crippen molar-refractivity contribution in [3.8, 4) is 11.4 Å². The Morgan fingerprint density at radius 2 is 1.81 bits per heavy atom. The molecule has 162 valence electrons. The maximum Gasteiger partial charge on any atom is 0.254 e. The van der Waals surface area contributed by atoms with Crippen LogP contribution in [0.25, 0.3) is 16.9 Å². The number of rotatable bonds is 4. The van der Waals surface area contributed by atoms with Crippen LogP contribution in [-0.2, 0) is 0 Å². The van der Waals surface area contributed by atoms with Gasteiger partial charge in [-0.25, -0.2) is 9.97 Å². The first kappa shape index (κ1) is 20.2. The maximum atomic E-state index is 12.9. The normalized spacial score (nSPS) is 14.1. The van der Waals surface area contributed by atoms with Crippen molar-refractivity contribution in [2.75, 3.05) is 38.2 Å². The molecule has 1 saturated heterocycles. The van der Waals surface area contributed by atoms with Crippen LogP contribution in [0.15, 0.2) is 54.9 Å². The highest BCUT2D eigenvalue weighted by atomic mass is 35.5.